The van der Waals surface area contributed by atoms with Crippen LogP contribution in [0.15, 0.2) is 24.3 Å². The maximum absolute atomic E-state index is 12.4. The van der Waals surface area contributed by atoms with Crippen molar-refractivity contribution in [3.8, 4) is 0 Å². The molecule has 1 fully saturated rings. The molecule has 1 aliphatic rings. The molecule has 0 aliphatic carbocycles. The van der Waals surface area contributed by atoms with Crippen LogP contribution in [-0.4, -0.2) is 42.1 Å². The molecule has 1 saturated heterocycles. The summed E-state index contributed by atoms with van der Waals surface area (Å²) in [5, 5.41) is 2.96. The molecule has 0 spiro atoms. The smallest absolute Gasteiger partial charge is 0.241 e. The van der Waals surface area contributed by atoms with E-state index in [2.05, 4.69) is 24.1 Å². The second kappa shape index (κ2) is 6.56. The van der Waals surface area contributed by atoms with Crippen molar-refractivity contribution in [1.29, 1.82) is 0 Å². The maximum atomic E-state index is 12.4. The van der Waals surface area contributed by atoms with Crippen LogP contribution in [0.2, 0.25) is 0 Å². The standard InChI is InChI=1S/C16H25N3O2/c1-12(19-7-8-21-16(2,3)11-19)15(20)18-14-6-4-5-13(9-14)10-17/h4-6,9,12H,7-8,10-11,17H2,1-3H3,(H,18,20). The number of hydrogen-bond donors (Lipinski definition) is 2. The highest BCUT2D eigenvalue weighted by molar-refractivity contribution is 5.94. The average Bonchev–Trinajstić information content (AvgIpc) is 2.45. The van der Waals surface area contributed by atoms with Gasteiger partial charge in [0.05, 0.1) is 18.2 Å². The number of hydrogen-bond acceptors (Lipinski definition) is 4. The minimum atomic E-state index is -0.202. The molecule has 0 saturated carbocycles. The molecular weight excluding hydrogens is 266 g/mol. The molecule has 116 valence electrons. The van der Waals surface area contributed by atoms with Gasteiger partial charge in [0.1, 0.15) is 0 Å². The highest BCUT2D eigenvalue weighted by atomic mass is 16.5. The van der Waals surface area contributed by atoms with Crippen LogP contribution in [0.4, 0.5) is 5.69 Å². The Bertz CT molecular complexity index is 502. The van der Waals surface area contributed by atoms with E-state index in [9.17, 15) is 4.79 Å². The number of ether oxygens (including phenoxy) is 1. The highest BCUT2D eigenvalue weighted by Crippen LogP contribution is 2.19. The lowest BCUT2D eigenvalue weighted by Gasteiger charge is -2.40. The molecule has 1 aromatic rings. The Morgan fingerprint density at radius 3 is 2.95 bits per heavy atom. The van der Waals surface area contributed by atoms with Gasteiger partial charge in [0.25, 0.3) is 0 Å². The summed E-state index contributed by atoms with van der Waals surface area (Å²) in [6, 6.07) is 7.46. The molecule has 1 unspecified atom stereocenters. The summed E-state index contributed by atoms with van der Waals surface area (Å²) in [6.07, 6.45) is 0. The first-order chi connectivity index (χ1) is 9.91. The number of morpholine rings is 1. The molecule has 1 aromatic carbocycles. The second-order valence-electron chi connectivity index (χ2n) is 6.15. The lowest BCUT2D eigenvalue weighted by Crippen LogP contribution is -2.54. The van der Waals surface area contributed by atoms with E-state index in [1.165, 1.54) is 0 Å². The fraction of sp³-hybridized carbons (Fsp3) is 0.562. The highest BCUT2D eigenvalue weighted by Gasteiger charge is 2.32. The van der Waals surface area contributed by atoms with Gasteiger partial charge in [0.15, 0.2) is 0 Å². The van der Waals surface area contributed by atoms with Gasteiger partial charge < -0.3 is 15.8 Å². The summed E-state index contributed by atoms with van der Waals surface area (Å²) in [5.74, 6) is 0.00173. The quantitative estimate of drug-likeness (QED) is 0.884. The van der Waals surface area contributed by atoms with Gasteiger partial charge in [-0.05, 0) is 38.5 Å². The van der Waals surface area contributed by atoms with Crippen LogP contribution in [-0.2, 0) is 16.1 Å². The summed E-state index contributed by atoms with van der Waals surface area (Å²) in [7, 11) is 0. The molecule has 2 rings (SSSR count). The Balaban J connectivity index is 1.98. The van der Waals surface area contributed by atoms with Crippen molar-refractivity contribution < 1.29 is 9.53 Å². The molecular formula is C16H25N3O2. The van der Waals surface area contributed by atoms with Crippen LogP contribution in [0.3, 0.4) is 0 Å². The molecule has 0 bridgehead atoms. The third-order valence-electron chi connectivity index (χ3n) is 3.81. The molecule has 5 heteroatoms. The lowest BCUT2D eigenvalue weighted by molar-refractivity contribution is -0.129. The first-order valence-corrected chi connectivity index (χ1v) is 7.39. The van der Waals surface area contributed by atoms with Gasteiger partial charge in [-0.3, -0.25) is 9.69 Å². The summed E-state index contributed by atoms with van der Waals surface area (Å²) in [4.78, 5) is 14.6. The molecule has 5 nitrogen and oxygen atoms in total. The summed E-state index contributed by atoms with van der Waals surface area (Å²) in [5.41, 5.74) is 7.22. The van der Waals surface area contributed by atoms with Crippen LogP contribution in [0.25, 0.3) is 0 Å². The summed E-state index contributed by atoms with van der Waals surface area (Å²) < 4.78 is 5.69. The van der Waals surface area contributed by atoms with Crippen molar-refractivity contribution in [2.75, 3.05) is 25.0 Å². The van der Waals surface area contributed by atoms with Crippen molar-refractivity contribution in [2.24, 2.45) is 5.73 Å². The predicted octanol–water partition coefficient (Wildman–Crippen LogP) is 1.58. The Hall–Kier alpha value is -1.43. The molecule has 21 heavy (non-hydrogen) atoms. The van der Waals surface area contributed by atoms with Gasteiger partial charge >= 0.3 is 0 Å². The number of benzene rings is 1. The molecule has 1 heterocycles. The molecule has 1 atom stereocenters. The van der Waals surface area contributed by atoms with Crippen molar-refractivity contribution in [2.45, 2.75) is 39.0 Å². The zero-order valence-corrected chi connectivity index (χ0v) is 13.1. The predicted molar refractivity (Wildman–Crippen MR) is 84.0 cm³/mol. The molecule has 1 amide bonds. The number of nitrogens with one attached hydrogen (secondary N) is 1. The van der Waals surface area contributed by atoms with Gasteiger partial charge in [-0.1, -0.05) is 12.1 Å². The van der Waals surface area contributed by atoms with E-state index in [0.29, 0.717) is 13.2 Å². The number of nitrogens with zero attached hydrogens (tertiary/aromatic N) is 1. The number of amides is 1. The van der Waals surface area contributed by atoms with Crippen molar-refractivity contribution in [1.82, 2.24) is 4.90 Å². The van der Waals surface area contributed by atoms with Gasteiger partial charge in [0, 0.05) is 25.3 Å². The first kappa shape index (κ1) is 15.9. The van der Waals surface area contributed by atoms with Crippen LogP contribution in [0.5, 0.6) is 0 Å². The van der Waals surface area contributed by atoms with Crippen molar-refractivity contribution in [3.05, 3.63) is 29.8 Å². The largest absolute Gasteiger partial charge is 0.373 e. The third-order valence-corrected chi connectivity index (χ3v) is 3.81. The molecule has 3 N–H and O–H groups in total. The number of carbonyl (C=O) groups excluding carboxylic acids is 1. The monoisotopic (exact) mass is 291 g/mol. The van der Waals surface area contributed by atoms with E-state index in [4.69, 9.17) is 10.5 Å². The zero-order chi connectivity index (χ0) is 15.5. The zero-order valence-electron chi connectivity index (χ0n) is 13.1. The fourth-order valence-electron chi connectivity index (χ4n) is 2.57. The Morgan fingerprint density at radius 1 is 1.52 bits per heavy atom. The first-order valence-electron chi connectivity index (χ1n) is 7.39. The molecule has 0 radical (unpaired) electrons. The van der Waals surface area contributed by atoms with Crippen molar-refractivity contribution >= 4 is 11.6 Å². The Morgan fingerprint density at radius 2 is 2.29 bits per heavy atom. The Kier molecular flexibility index (Phi) is 4.98. The average molecular weight is 291 g/mol. The van der Waals surface area contributed by atoms with Gasteiger partial charge in [-0.25, -0.2) is 0 Å². The van der Waals surface area contributed by atoms with Gasteiger partial charge in [0.2, 0.25) is 5.91 Å². The van der Waals surface area contributed by atoms with E-state index in [1.807, 2.05) is 31.2 Å². The molecule has 0 aromatic heterocycles. The molecule has 1 aliphatic heterocycles. The fourth-order valence-corrected chi connectivity index (χ4v) is 2.57. The normalized spacial score (nSPS) is 20.0. The van der Waals surface area contributed by atoms with Gasteiger partial charge in [-0.15, -0.1) is 0 Å². The van der Waals surface area contributed by atoms with Crippen LogP contribution >= 0.6 is 0 Å². The van der Waals surface area contributed by atoms with E-state index < -0.39 is 0 Å². The van der Waals surface area contributed by atoms with Crippen LogP contribution in [0, 0.1) is 0 Å². The van der Waals surface area contributed by atoms with Crippen LogP contribution in [0.1, 0.15) is 26.3 Å². The third kappa shape index (κ3) is 4.27. The summed E-state index contributed by atoms with van der Waals surface area (Å²) >= 11 is 0. The number of nitrogens with two attached hydrogens (primary N) is 1. The second-order valence-corrected chi connectivity index (χ2v) is 6.15. The number of rotatable bonds is 4. The van der Waals surface area contributed by atoms with E-state index in [-0.39, 0.29) is 17.6 Å². The minimum absolute atomic E-state index is 0.00173. The SMILES string of the molecule is CC(C(=O)Nc1cccc(CN)c1)N1CCOC(C)(C)C1. The van der Waals surface area contributed by atoms with Crippen LogP contribution < -0.4 is 11.1 Å². The minimum Gasteiger partial charge on any atom is -0.373 e. The number of carbonyl (C=O) groups is 1. The van der Waals surface area contributed by atoms with E-state index in [0.717, 1.165) is 24.3 Å². The van der Waals surface area contributed by atoms with Gasteiger partial charge in [-0.2, -0.15) is 0 Å². The van der Waals surface area contributed by atoms with E-state index in [1.54, 1.807) is 0 Å². The topological polar surface area (TPSA) is 67.6 Å². The lowest BCUT2D eigenvalue weighted by atomic mass is 10.1. The van der Waals surface area contributed by atoms with E-state index >= 15 is 0 Å². The maximum Gasteiger partial charge on any atom is 0.241 e. The number of anilines is 1. The summed E-state index contributed by atoms with van der Waals surface area (Å²) in [6.45, 7) is 8.70. The Labute approximate surface area is 126 Å². The van der Waals surface area contributed by atoms with Crippen molar-refractivity contribution in [3.63, 3.8) is 0 Å².